The highest BCUT2D eigenvalue weighted by Gasteiger charge is 2.23. The van der Waals surface area contributed by atoms with E-state index < -0.39 is 11.8 Å². The molecule has 0 radical (unpaired) electrons. The molecule has 0 fully saturated rings. The van der Waals surface area contributed by atoms with Crippen LogP contribution in [0.4, 0.5) is 0 Å². The van der Waals surface area contributed by atoms with Gasteiger partial charge in [-0.15, -0.1) is 0 Å². The van der Waals surface area contributed by atoms with Gasteiger partial charge in [-0.3, -0.25) is 9.59 Å². The largest absolute Gasteiger partial charge is 0.568 e. The highest BCUT2D eigenvalue weighted by atomic mass is 16.7. The summed E-state index contributed by atoms with van der Waals surface area (Å²) in [7, 11) is 4.73. The fourth-order valence-corrected chi connectivity index (χ4v) is 1.53. The molecule has 1 aromatic rings. The minimum Gasteiger partial charge on any atom is -0.568 e. The quantitative estimate of drug-likeness (QED) is 0.425. The molecule has 12 heteroatoms. The van der Waals surface area contributed by atoms with Crippen molar-refractivity contribution in [2.24, 2.45) is 10.6 Å². The zero-order valence-corrected chi connectivity index (χ0v) is 13.4. The van der Waals surface area contributed by atoms with E-state index in [4.69, 9.17) is 0 Å². The fourth-order valence-electron chi connectivity index (χ4n) is 1.53. The van der Waals surface area contributed by atoms with Gasteiger partial charge in [-0.25, -0.2) is 0 Å². The Morgan fingerprint density at radius 2 is 1.17 bits per heavy atom. The van der Waals surface area contributed by atoms with Gasteiger partial charge in [0.1, 0.15) is 14.2 Å². The SMILES string of the molecule is CO/N=[N+](\[O-])N(C)C(=O)c1ccc(C(=O)N(C)/[N+]([O-])=N/OC)cc1. The Bertz CT molecular complexity index is 602. The summed E-state index contributed by atoms with van der Waals surface area (Å²) in [5.41, 5.74) is 0.258. The second-order valence-corrected chi connectivity index (χ2v) is 4.27. The molecule has 12 nitrogen and oxygen atoms in total. The number of carbonyl (C=O) groups is 2. The van der Waals surface area contributed by atoms with Crippen molar-refractivity contribution < 1.29 is 29.2 Å². The molecule has 0 aliphatic heterocycles. The first-order valence-electron chi connectivity index (χ1n) is 6.42. The minimum atomic E-state index is -0.669. The van der Waals surface area contributed by atoms with E-state index in [9.17, 15) is 20.0 Å². The van der Waals surface area contributed by atoms with Crippen LogP contribution in [0.2, 0.25) is 0 Å². The van der Waals surface area contributed by atoms with Crippen molar-refractivity contribution in [2.45, 2.75) is 0 Å². The van der Waals surface area contributed by atoms with Crippen LogP contribution >= 0.6 is 0 Å². The van der Waals surface area contributed by atoms with Crippen LogP contribution in [0.3, 0.4) is 0 Å². The standard InChI is InChI=1S/C12H16N6O6/c1-15(17(21)13-23-3)11(19)9-5-7-10(8-6-9)12(20)16(2)18(22)14-24-4/h5-8H,1-4H3/b17-13-,18-14-. The molecule has 2 amide bonds. The van der Waals surface area contributed by atoms with Gasteiger partial charge in [0.15, 0.2) is 0 Å². The van der Waals surface area contributed by atoms with Crippen LogP contribution in [0.5, 0.6) is 0 Å². The lowest BCUT2D eigenvalue weighted by Crippen LogP contribution is -2.34. The van der Waals surface area contributed by atoms with Gasteiger partial charge in [-0.1, -0.05) is 10.0 Å². The Kier molecular flexibility index (Phi) is 6.40. The third-order valence-corrected chi connectivity index (χ3v) is 2.78. The van der Waals surface area contributed by atoms with Crippen LogP contribution in [0, 0.1) is 10.4 Å². The molecule has 0 spiro atoms. The molecule has 0 bridgehead atoms. The second kappa shape index (κ2) is 8.26. The third kappa shape index (κ3) is 4.28. The Morgan fingerprint density at radius 1 is 0.875 bits per heavy atom. The summed E-state index contributed by atoms with van der Waals surface area (Å²) in [5, 5.41) is 30.1. The van der Waals surface area contributed by atoms with E-state index in [0.29, 0.717) is 10.0 Å². The normalized spacial score (nSPS) is 11.7. The summed E-state index contributed by atoms with van der Waals surface area (Å²) in [5.74, 6) is -1.34. The summed E-state index contributed by atoms with van der Waals surface area (Å²) in [6.07, 6.45) is 0. The Morgan fingerprint density at radius 3 is 1.42 bits per heavy atom. The molecule has 0 saturated heterocycles. The van der Waals surface area contributed by atoms with E-state index in [1.165, 1.54) is 38.4 Å². The van der Waals surface area contributed by atoms with Gasteiger partial charge in [0, 0.05) is 11.1 Å². The van der Waals surface area contributed by atoms with Gasteiger partial charge in [0.25, 0.3) is 0 Å². The summed E-state index contributed by atoms with van der Waals surface area (Å²) in [6.45, 7) is 0. The van der Waals surface area contributed by atoms with Crippen LogP contribution in [0.1, 0.15) is 20.7 Å². The van der Waals surface area contributed by atoms with Gasteiger partial charge >= 0.3 is 11.8 Å². The Balaban J connectivity index is 2.93. The predicted octanol–water partition coefficient (Wildman–Crippen LogP) is 0.708. The molecule has 0 aliphatic rings. The average molecular weight is 340 g/mol. The molecule has 1 rings (SSSR count). The first kappa shape index (κ1) is 18.6. The molecule has 0 atom stereocenters. The molecule has 0 N–H and O–H groups in total. The number of carbonyl (C=O) groups excluding carboxylic acids is 2. The molecule has 0 saturated carbocycles. The predicted molar refractivity (Wildman–Crippen MR) is 76.8 cm³/mol. The summed E-state index contributed by atoms with van der Waals surface area (Å²) in [6, 6.07) is 5.29. The van der Waals surface area contributed by atoms with Crippen LogP contribution in [-0.2, 0) is 9.68 Å². The Hall–Kier alpha value is -3.44. The molecule has 24 heavy (non-hydrogen) atoms. The second-order valence-electron chi connectivity index (χ2n) is 4.27. The zero-order valence-electron chi connectivity index (χ0n) is 13.4. The lowest BCUT2D eigenvalue weighted by Gasteiger charge is -2.12. The molecule has 130 valence electrons. The number of rotatable bonds is 6. The van der Waals surface area contributed by atoms with E-state index >= 15 is 0 Å². The molecule has 1 aromatic carbocycles. The molecular weight excluding hydrogens is 324 g/mol. The van der Waals surface area contributed by atoms with Crippen LogP contribution in [0.15, 0.2) is 34.8 Å². The van der Waals surface area contributed by atoms with Crippen LogP contribution in [0.25, 0.3) is 0 Å². The molecule has 0 unspecified atom stereocenters. The maximum atomic E-state index is 12.1. The molecule has 0 heterocycles. The van der Waals surface area contributed by atoms with Crippen molar-refractivity contribution in [1.82, 2.24) is 10.0 Å². The van der Waals surface area contributed by atoms with Crippen molar-refractivity contribution >= 4 is 11.8 Å². The number of benzene rings is 1. The molecule has 0 aromatic heterocycles. The fraction of sp³-hybridized carbons (Fsp3) is 0.333. The van der Waals surface area contributed by atoms with E-state index in [0.717, 1.165) is 14.2 Å². The third-order valence-electron chi connectivity index (χ3n) is 2.78. The van der Waals surface area contributed by atoms with E-state index in [1.54, 1.807) is 0 Å². The average Bonchev–Trinajstić information content (AvgIpc) is 2.59. The lowest BCUT2D eigenvalue weighted by atomic mass is 10.1. The van der Waals surface area contributed by atoms with Gasteiger partial charge in [-0.2, -0.15) is 0 Å². The topological polar surface area (TPSA) is 136 Å². The van der Waals surface area contributed by atoms with Crippen molar-refractivity contribution in [3.63, 3.8) is 0 Å². The van der Waals surface area contributed by atoms with Crippen LogP contribution in [-0.4, -0.2) is 60.1 Å². The highest BCUT2D eigenvalue weighted by Crippen LogP contribution is 2.10. The van der Waals surface area contributed by atoms with Gasteiger partial charge < -0.3 is 20.1 Å². The number of hydrogen-bond donors (Lipinski definition) is 0. The first-order valence-corrected chi connectivity index (χ1v) is 6.42. The maximum Gasteiger partial charge on any atom is 0.311 e. The molecule has 0 aliphatic carbocycles. The van der Waals surface area contributed by atoms with Crippen molar-refractivity contribution in [1.29, 1.82) is 0 Å². The smallest absolute Gasteiger partial charge is 0.311 e. The maximum absolute atomic E-state index is 12.1. The number of nitrogens with zero attached hydrogens (tertiary/aromatic N) is 6. The van der Waals surface area contributed by atoms with E-state index in [-0.39, 0.29) is 21.1 Å². The Labute approximate surface area is 136 Å². The number of hydrazine groups is 2. The highest BCUT2D eigenvalue weighted by molar-refractivity contribution is 5.96. The van der Waals surface area contributed by atoms with Crippen molar-refractivity contribution in [3.05, 3.63) is 45.8 Å². The van der Waals surface area contributed by atoms with Gasteiger partial charge in [0.2, 0.25) is 10.6 Å². The summed E-state index contributed by atoms with van der Waals surface area (Å²) < 4.78 is 0. The minimum absolute atomic E-state index is 0.0310. The van der Waals surface area contributed by atoms with Crippen molar-refractivity contribution in [3.8, 4) is 0 Å². The number of amides is 2. The van der Waals surface area contributed by atoms with Crippen LogP contribution < -0.4 is 0 Å². The van der Waals surface area contributed by atoms with Gasteiger partial charge in [0.05, 0.1) is 24.0 Å². The lowest BCUT2D eigenvalue weighted by molar-refractivity contribution is -0.684. The summed E-state index contributed by atoms with van der Waals surface area (Å²) >= 11 is 0. The van der Waals surface area contributed by atoms with E-state index in [1.807, 2.05) is 0 Å². The summed E-state index contributed by atoms with van der Waals surface area (Å²) in [4.78, 5) is 32.6. The first-order chi connectivity index (χ1) is 11.3. The monoisotopic (exact) mass is 340 g/mol. The van der Waals surface area contributed by atoms with Crippen molar-refractivity contribution in [2.75, 3.05) is 28.3 Å². The van der Waals surface area contributed by atoms with Gasteiger partial charge in [-0.05, 0) is 24.3 Å². The molecular formula is C12H16N6O6. The van der Waals surface area contributed by atoms with E-state index in [2.05, 4.69) is 20.2 Å². The zero-order chi connectivity index (χ0) is 18.3. The number of hydrogen-bond acceptors (Lipinski definition) is 8.